The highest BCUT2D eigenvalue weighted by atomic mass is 16.5. The molecule has 0 unspecified atom stereocenters. The van der Waals surface area contributed by atoms with Gasteiger partial charge in [0, 0.05) is 11.8 Å². The Morgan fingerprint density at radius 3 is 1.57 bits per heavy atom. The van der Waals surface area contributed by atoms with Crippen molar-refractivity contribution in [2.75, 3.05) is 19.8 Å². The van der Waals surface area contributed by atoms with Crippen LogP contribution in [0.1, 0.15) is 103 Å². The lowest BCUT2D eigenvalue weighted by molar-refractivity contribution is 0.234. The Bertz CT molecular complexity index is 784. The van der Waals surface area contributed by atoms with Crippen molar-refractivity contribution in [3.63, 3.8) is 0 Å². The molecule has 0 aliphatic carbocycles. The van der Waals surface area contributed by atoms with E-state index >= 15 is 0 Å². The number of rotatable bonds is 20. The summed E-state index contributed by atoms with van der Waals surface area (Å²) in [5, 5.41) is 0. The average Bonchev–Trinajstić information content (AvgIpc) is 2.88. The van der Waals surface area contributed by atoms with Gasteiger partial charge in [0.1, 0.15) is 0 Å². The van der Waals surface area contributed by atoms with Crippen LogP contribution < -0.4 is 14.2 Å². The third kappa shape index (κ3) is 12.2. The van der Waals surface area contributed by atoms with Crippen LogP contribution in [0.3, 0.4) is 0 Å². The van der Waals surface area contributed by atoms with Crippen LogP contribution in [0.2, 0.25) is 0 Å². The van der Waals surface area contributed by atoms with Gasteiger partial charge in [-0.1, -0.05) is 96.8 Å². The largest absolute Gasteiger partial charge is 0.490 e. The third-order valence-corrected chi connectivity index (χ3v) is 5.92. The van der Waals surface area contributed by atoms with Gasteiger partial charge >= 0.3 is 0 Å². The molecule has 0 radical (unpaired) electrons. The molecule has 2 aromatic rings. The van der Waals surface area contributed by atoms with E-state index in [-0.39, 0.29) is 0 Å². The number of hydrogen-bond donors (Lipinski definition) is 0. The SMILES string of the molecule is CCCCCCOc1cc(C=Nc2ccccc2)cc(OCCCCCC)c1OCCCCCC. The molecule has 0 spiro atoms. The molecule has 0 saturated carbocycles. The zero-order valence-electron chi connectivity index (χ0n) is 22.4. The summed E-state index contributed by atoms with van der Waals surface area (Å²) in [4.78, 5) is 4.65. The topological polar surface area (TPSA) is 40.0 Å². The second-order valence-electron chi connectivity index (χ2n) is 9.17. The smallest absolute Gasteiger partial charge is 0.203 e. The van der Waals surface area contributed by atoms with Gasteiger partial charge < -0.3 is 14.2 Å². The summed E-state index contributed by atoms with van der Waals surface area (Å²) in [5.41, 5.74) is 1.88. The number of hydrogen-bond acceptors (Lipinski definition) is 4. The molecule has 4 nitrogen and oxygen atoms in total. The zero-order valence-corrected chi connectivity index (χ0v) is 22.4. The summed E-state index contributed by atoms with van der Waals surface area (Å²) < 4.78 is 18.8. The van der Waals surface area contributed by atoms with Gasteiger partial charge in [0.15, 0.2) is 11.5 Å². The molecule has 0 saturated heterocycles. The first-order valence-electron chi connectivity index (χ1n) is 13.9. The lowest BCUT2D eigenvalue weighted by Gasteiger charge is -2.18. The summed E-state index contributed by atoms with van der Waals surface area (Å²) in [5.74, 6) is 2.26. The fourth-order valence-electron chi connectivity index (χ4n) is 3.82. The first kappa shape index (κ1) is 28.7. The van der Waals surface area contributed by atoms with Crippen molar-refractivity contribution >= 4 is 11.9 Å². The van der Waals surface area contributed by atoms with E-state index in [1.807, 2.05) is 48.7 Å². The summed E-state index contributed by atoms with van der Waals surface area (Å²) in [7, 11) is 0. The minimum absolute atomic E-state index is 0.676. The molecule has 35 heavy (non-hydrogen) atoms. The molecule has 0 N–H and O–H groups in total. The van der Waals surface area contributed by atoms with Crippen molar-refractivity contribution in [2.24, 2.45) is 4.99 Å². The van der Waals surface area contributed by atoms with Crippen molar-refractivity contribution in [3.05, 3.63) is 48.0 Å². The average molecular weight is 482 g/mol. The summed E-state index contributed by atoms with van der Waals surface area (Å²) in [6, 6.07) is 14.1. The maximum atomic E-state index is 6.29. The van der Waals surface area contributed by atoms with Crippen LogP contribution in [-0.4, -0.2) is 26.0 Å². The Hall–Kier alpha value is -2.49. The van der Waals surface area contributed by atoms with Crippen LogP contribution in [0.15, 0.2) is 47.5 Å². The number of benzene rings is 2. The van der Waals surface area contributed by atoms with Crippen molar-refractivity contribution < 1.29 is 14.2 Å². The van der Waals surface area contributed by atoms with E-state index in [1.165, 1.54) is 57.8 Å². The number of para-hydroxylation sites is 1. The van der Waals surface area contributed by atoms with E-state index < -0.39 is 0 Å². The second kappa shape index (κ2) is 18.8. The van der Waals surface area contributed by atoms with Gasteiger partial charge in [0.25, 0.3) is 0 Å². The molecule has 0 atom stereocenters. The minimum atomic E-state index is 0.676. The zero-order chi connectivity index (χ0) is 25.0. The van der Waals surface area contributed by atoms with Gasteiger partial charge in [-0.2, -0.15) is 0 Å². The Balaban J connectivity index is 2.23. The molecule has 2 rings (SSSR count). The van der Waals surface area contributed by atoms with Gasteiger partial charge in [0.05, 0.1) is 25.5 Å². The van der Waals surface area contributed by atoms with Gasteiger partial charge in [0.2, 0.25) is 5.75 Å². The monoisotopic (exact) mass is 481 g/mol. The first-order valence-corrected chi connectivity index (χ1v) is 13.9. The van der Waals surface area contributed by atoms with E-state index in [4.69, 9.17) is 14.2 Å². The molecule has 194 valence electrons. The second-order valence-corrected chi connectivity index (χ2v) is 9.17. The predicted octanol–water partition coefficient (Wildman–Crippen LogP) is 9.31. The molecule has 0 amide bonds. The quantitative estimate of drug-likeness (QED) is 0.140. The standard InChI is InChI=1S/C31H47NO3/c1-4-7-10-16-21-33-29-24-27(26-32-28-19-14-13-15-20-28)25-30(34-22-17-11-8-5-2)31(29)35-23-18-12-9-6-3/h13-15,19-20,24-26H,4-12,16-18,21-23H2,1-3H3. The number of unbranched alkanes of at least 4 members (excludes halogenated alkanes) is 9. The molecular formula is C31H47NO3. The Kier molecular flexibility index (Phi) is 15.4. The van der Waals surface area contributed by atoms with Crippen LogP contribution in [0.5, 0.6) is 17.2 Å². The van der Waals surface area contributed by atoms with Crippen molar-refractivity contribution in [3.8, 4) is 17.2 Å². The molecule has 0 fully saturated rings. The van der Waals surface area contributed by atoms with E-state index in [1.54, 1.807) is 0 Å². The van der Waals surface area contributed by atoms with Crippen molar-refractivity contribution in [1.82, 2.24) is 0 Å². The molecule has 4 heteroatoms. The number of aliphatic imine (C=N–C) groups is 1. The van der Waals surface area contributed by atoms with E-state index in [0.29, 0.717) is 19.8 Å². The van der Waals surface area contributed by atoms with Crippen LogP contribution in [-0.2, 0) is 0 Å². The van der Waals surface area contributed by atoms with Gasteiger partial charge in [-0.05, 0) is 43.5 Å². The Morgan fingerprint density at radius 2 is 1.09 bits per heavy atom. The van der Waals surface area contributed by atoms with Crippen LogP contribution in [0, 0.1) is 0 Å². The predicted molar refractivity (Wildman–Crippen MR) is 149 cm³/mol. The molecular weight excluding hydrogens is 434 g/mol. The normalized spacial score (nSPS) is 11.2. The molecule has 0 bridgehead atoms. The Morgan fingerprint density at radius 1 is 0.600 bits per heavy atom. The van der Waals surface area contributed by atoms with Crippen molar-refractivity contribution in [2.45, 2.75) is 97.8 Å². The van der Waals surface area contributed by atoms with Crippen LogP contribution in [0.4, 0.5) is 5.69 Å². The van der Waals surface area contributed by atoms with Crippen LogP contribution >= 0.6 is 0 Å². The van der Waals surface area contributed by atoms with Crippen LogP contribution in [0.25, 0.3) is 0 Å². The van der Waals surface area contributed by atoms with E-state index in [9.17, 15) is 0 Å². The van der Waals surface area contributed by atoms with Crippen molar-refractivity contribution in [1.29, 1.82) is 0 Å². The number of ether oxygens (including phenoxy) is 3. The molecule has 0 aliphatic rings. The lowest BCUT2D eigenvalue weighted by Crippen LogP contribution is -2.07. The van der Waals surface area contributed by atoms with Gasteiger partial charge in [-0.3, -0.25) is 4.99 Å². The molecule has 0 aromatic heterocycles. The van der Waals surface area contributed by atoms with Gasteiger partial charge in [-0.25, -0.2) is 0 Å². The Labute approximate surface area is 214 Å². The van der Waals surface area contributed by atoms with Gasteiger partial charge in [-0.15, -0.1) is 0 Å². The fraction of sp³-hybridized carbons (Fsp3) is 0.581. The summed E-state index contributed by atoms with van der Waals surface area (Å²) in [6.45, 7) is 8.72. The van der Waals surface area contributed by atoms with E-state index in [2.05, 4.69) is 25.8 Å². The highest BCUT2D eigenvalue weighted by molar-refractivity contribution is 5.84. The number of nitrogens with zero attached hydrogens (tertiary/aromatic N) is 1. The summed E-state index contributed by atoms with van der Waals surface area (Å²) >= 11 is 0. The highest BCUT2D eigenvalue weighted by Gasteiger charge is 2.16. The maximum absolute atomic E-state index is 6.29. The molecule has 2 aromatic carbocycles. The molecule has 0 heterocycles. The fourth-order valence-corrected chi connectivity index (χ4v) is 3.82. The lowest BCUT2D eigenvalue weighted by atomic mass is 10.1. The summed E-state index contributed by atoms with van der Waals surface area (Å²) in [6.07, 6.45) is 15.9. The maximum Gasteiger partial charge on any atom is 0.203 e. The minimum Gasteiger partial charge on any atom is -0.490 e. The third-order valence-electron chi connectivity index (χ3n) is 5.92. The first-order chi connectivity index (χ1) is 17.3. The highest BCUT2D eigenvalue weighted by Crippen LogP contribution is 2.39. The molecule has 0 aliphatic heterocycles. The van der Waals surface area contributed by atoms with E-state index in [0.717, 1.165) is 47.8 Å².